The largest absolute Gasteiger partial charge is 0.336 e. The Kier molecular flexibility index (Phi) is 3.44. The lowest BCUT2D eigenvalue weighted by molar-refractivity contribution is -0.135. The van der Waals surface area contributed by atoms with Crippen LogP contribution in [0.2, 0.25) is 0 Å². The molecule has 0 atom stereocenters. The smallest absolute Gasteiger partial charge is 0.223 e. The summed E-state index contributed by atoms with van der Waals surface area (Å²) in [7, 11) is 0. The molecule has 1 rings (SSSR count). The molecule has 1 saturated heterocycles. The van der Waals surface area contributed by atoms with E-state index in [4.69, 9.17) is 5.73 Å². The molecule has 3 heteroatoms. The van der Waals surface area contributed by atoms with Crippen molar-refractivity contribution < 1.29 is 4.79 Å². The molecule has 15 heavy (non-hydrogen) atoms. The molecule has 0 aliphatic carbocycles. The van der Waals surface area contributed by atoms with Crippen LogP contribution in [0.3, 0.4) is 0 Å². The lowest BCUT2D eigenvalue weighted by atomic mass is 9.85. The van der Waals surface area contributed by atoms with Gasteiger partial charge < -0.3 is 10.6 Å². The van der Waals surface area contributed by atoms with Crippen molar-refractivity contribution in [2.24, 2.45) is 11.1 Å². The minimum absolute atomic E-state index is 0.197. The van der Waals surface area contributed by atoms with Gasteiger partial charge in [0.15, 0.2) is 0 Å². The van der Waals surface area contributed by atoms with Crippen LogP contribution in [0.1, 0.15) is 47.0 Å². The maximum atomic E-state index is 12.0. The highest BCUT2D eigenvalue weighted by Gasteiger charge is 2.34. The predicted octanol–water partition coefficient (Wildman–Crippen LogP) is 1.76. The lowest BCUT2D eigenvalue weighted by Gasteiger charge is -2.37. The Morgan fingerprint density at radius 3 is 2.53 bits per heavy atom. The highest BCUT2D eigenvalue weighted by atomic mass is 16.2. The van der Waals surface area contributed by atoms with E-state index in [1.54, 1.807) is 0 Å². The first-order chi connectivity index (χ1) is 6.78. The monoisotopic (exact) mass is 212 g/mol. The van der Waals surface area contributed by atoms with Crippen molar-refractivity contribution >= 4 is 5.91 Å². The maximum absolute atomic E-state index is 12.0. The van der Waals surface area contributed by atoms with Gasteiger partial charge >= 0.3 is 0 Å². The van der Waals surface area contributed by atoms with E-state index < -0.39 is 0 Å². The van der Waals surface area contributed by atoms with Crippen LogP contribution in [0.15, 0.2) is 0 Å². The van der Waals surface area contributed by atoms with Gasteiger partial charge in [-0.05, 0) is 32.1 Å². The molecule has 0 aromatic heterocycles. The van der Waals surface area contributed by atoms with Crippen LogP contribution in [0.4, 0.5) is 0 Å². The van der Waals surface area contributed by atoms with E-state index >= 15 is 0 Å². The normalized spacial score (nSPS) is 22.7. The van der Waals surface area contributed by atoms with Crippen LogP contribution in [-0.4, -0.2) is 29.4 Å². The molecule has 0 saturated carbocycles. The zero-order valence-electron chi connectivity index (χ0n) is 10.5. The number of likely N-dealkylation sites (tertiary alicyclic amines) is 1. The fourth-order valence-corrected chi connectivity index (χ4v) is 1.99. The Bertz CT molecular complexity index is 246. The Morgan fingerprint density at radius 2 is 2.00 bits per heavy atom. The fourth-order valence-electron chi connectivity index (χ4n) is 1.99. The number of carbonyl (C=O) groups excluding carboxylic acids is 1. The van der Waals surface area contributed by atoms with Crippen molar-refractivity contribution in [1.82, 2.24) is 4.90 Å². The van der Waals surface area contributed by atoms with E-state index in [1.165, 1.54) is 0 Å². The molecular formula is C12H24N2O. The second-order valence-electron chi connectivity index (χ2n) is 5.98. The van der Waals surface area contributed by atoms with Gasteiger partial charge in [0.25, 0.3) is 0 Å². The average Bonchev–Trinajstić information content (AvgIpc) is 2.27. The highest BCUT2D eigenvalue weighted by molar-refractivity contribution is 5.77. The average molecular weight is 212 g/mol. The minimum Gasteiger partial charge on any atom is -0.336 e. The van der Waals surface area contributed by atoms with Crippen molar-refractivity contribution in [3.63, 3.8) is 0 Å². The second-order valence-corrected chi connectivity index (χ2v) is 5.98. The van der Waals surface area contributed by atoms with Crippen LogP contribution >= 0.6 is 0 Å². The Labute approximate surface area is 93.0 Å². The quantitative estimate of drug-likeness (QED) is 0.758. The Balaban J connectivity index is 2.78. The SMILES string of the molecule is CC1(C)CCC(=O)N(C(C)(C)CN)CC1. The van der Waals surface area contributed by atoms with E-state index in [9.17, 15) is 4.79 Å². The topological polar surface area (TPSA) is 46.3 Å². The van der Waals surface area contributed by atoms with E-state index in [1.807, 2.05) is 18.7 Å². The first-order valence-corrected chi connectivity index (χ1v) is 5.79. The Hall–Kier alpha value is -0.570. The van der Waals surface area contributed by atoms with E-state index in [0.717, 1.165) is 19.4 Å². The molecule has 2 N–H and O–H groups in total. The maximum Gasteiger partial charge on any atom is 0.223 e. The molecule has 3 nitrogen and oxygen atoms in total. The van der Waals surface area contributed by atoms with E-state index in [2.05, 4.69) is 13.8 Å². The van der Waals surface area contributed by atoms with Gasteiger partial charge in [-0.1, -0.05) is 13.8 Å². The summed E-state index contributed by atoms with van der Waals surface area (Å²) in [6.45, 7) is 9.93. The van der Waals surface area contributed by atoms with Crippen molar-refractivity contribution in [3.8, 4) is 0 Å². The molecule has 1 aliphatic rings. The molecule has 1 fully saturated rings. The number of hydrogen-bond acceptors (Lipinski definition) is 2. The predicted molar refractivity (Wildman–Crippen MR) is 62.5 cm³/mol. The van der Waals surface area contributed by atoms with Crippen LogP contribution in [0, 0.1) is 5.41 Å². The molecule has 1 aliphatic heterocycles. The van der Waals surface area contributed by atoms with Gasteiger partial charge in [-0.15, -0.1) is 0 Å². The summed E-state index contributed by atoms with van der Waals surface area (Å²) >= 11 is 0. The summed E-state index contributed by atoms with van der Waals surface area (Å²) in [5.41, 5.74) is 5.81. The number of nitrogens with zero attached hydrogens (tertiary/aromatic N) is 1. The van der Waals surface area contributed by atoms with Gasteiger partial charge in [-0.25, -0.2) is 0 Å². The summed E-state index contributed by atoms with van der Waals surface area (Å²) in [5.74, 6) is 0.260. The number of nitrogens with two attached hydrogens (primary N) is 1. The third-order valence-corrected chi connectivity index (χ3v) is 3.56. The lowest BCUT2D eigenvalue weighted by Crippen LogP contribution is -2.52. The number of hydrogen-bond donors (Lipinski definition) is 1. The summed E-state index contributed by atoms with van der Waals surface area (Å²) in [6.07, 6.45) is 2.72. The molecule has 0 unspecified atom stereocenters. The van der Waals surface area contributed by atoms with Crippen LogP contribution in [0.25, 0.3) is 0 Å². The van der Waals surface area contributed by atoms with Gasteiger partial charge in [0, 0.05) is 25.0 Å². The molecule has 0 spiro atoms. The Morgan fingerprint density at radius 1 is 1.40 bits per heavy atom. The van der Waals surface area contributed by atoms with Crippen LogP contribution in [0.5, 0.6) is 0 Å². The highest BCUT2D eigenvalue weighted by Crippen LogP contribution is 2.32. The van der Waals surface area contributed by atoms with Crippen LogP contribution in [-0.2, 0) is 4.79 Å². The molecule has 0 radical (unpaired) electrons. The summed E-state index contributed by atoms with van der Waals surface area (Å²) in [5, 5.41) is 0. The van der Waals surface area contributed by atoms with Crippen molar-refractivity contribution in [2.75, 3.05) is 13.1 Å². The second kappa shape index (κ2) is 4.12. The van der Waals surface area contributed by atoms with Gasteiger partial charge in [-0.3, -0.25) is 4.79 Å². The molecular weight excluding hydrogens is 188 g/mol. The first kappa shape index (κ1) is 12.5. The van der Waals surface area contributed by atoms with Gasteiger partial charge in [0.05, 0.1) is 0 Å². The number of rotatable bonds is 2. The minimum atomic E-state index is -0.197. The molecule has 0 aromatic carbocycles. The third-order valence-electron chi connectivity index (χ3n) is 3.56. The van der Waals surface area contributed by atoms with Gasteiger partial charge in [0.1, 0.15) is 0 Å². The van der Waals surface area contributed by atoms with Crippen molar-refractivity contribution in [1.29, 1.82) is 0 Å². The summed E-state index contributed by atoms with van der Waals surface area (Å²) < 4.78 is 0. The molecule has 1 amide bonds. The van der Waals surface area contributed by atoms with Gasteiger partial charge in [0.2, 0.25) is 5.91 Å². The van der Waals surface area contributed by atoms with E-state index in [0.29, 0.717) is 13.0 Å². The molecule has 1 heterocycles. The molecule has 0 aromatic rings. The zero-order valence-corrected chi connectivity index (χ0v) is 10.5. The molecule has 88 valence electrons. The molecule has 0 bridgehead atoms. The zero-order chi connectivity index (χ0) is 11.7. The van der Waals surface area contributed by atoms with Crippen LogP contribution < -0.4 is 5.73 Å². The van der Waals surface area contributed by atoms with Crippen molar-refractivity contribution in [2.45, 2.75) is 52.5 Å². The summed E-state index contributed by atoms with van der Waals surface area (Å²) in [6, 6.07) is 0. The number of amides is 1. The van der Waals surface area contributed by atoms with Gasteiger partial charge in [-0.2, -0.15) is 0 Å². The van der Waals surface area contributed by atoms with Crippen molar-refractivity contribution in [3.05, 3.63) is 0 Å². The summed E-state index contributed by atoms with van der Waals surface area (Å²) in [4.78, 5) is 13.9. The number of carbonyl (C=O) groups is 1. The fraction of sp³-hybridized carbons (Fsp3) is 0.917. The third kappa shape index (κ3) is 2.94. The van der Waals surface area contributed by atoms with E-state index in [-0.39, 0.29) is 16.9 Å². The standard InChI is InChI=1S/C12H24N2O/c1-11(2)6-5-10(15)14(8-7-11)12(3,4)9-13/h5-9,13H2,1-4H3. The first-order valence-electron chi connectivity index (χ1n) is 5.79.